The topological polar surface area (TPSA) is 146 Å². The summed E-state index contributed by atoms with van der Waals surface area (Å²) in [6.45, 7) is 2.42. The summed E-state index contributed by atoms with van der Waals surface area (Å²) in [5.41, 5.74) is 4.79. The van der Waals surface area contributed by atoms with Crippen molar-refractivity contribution in [3.05, 3.63) is 83.4 Å². The SMILES string of the molecule is Cc1cccc(CCN(CCC(=O)NO)S(=O)(=O)c2ccc(NC(=O)NCc3ccc4c(c3)OCO4)cc2)c1. The second-order valence-corrected chi connectivity index (χ2v) is 10.9. The van der Waals surface area contributed by atoms with E-state index in [1.807, 2.05) is 37.3 Å². The zero-order valence-electron chi connectivity index (χ0n) is 21.3. The summed E-state index contributed by atoms with van der Waals surface area (Å²) < 4.78 is 38.6. The molecule has 4 N–H and O–H groups in total. The van der Waals surface area contributed by atoms with Crippen molar-refractivity contribution >= 4 is 27.6 Å². The van der Waals surface area contributed by atoms with Gasteiger partial charge in [0.2, 0.25) is 22.7 Å². The molecule has 3 amide bonds. The van der Waals surface area contributed by atoms with Gasteiger partial charge in [0, 0.05) is 31.7 Å². The first kappa shape index (κ1) is 27.9. The number of benzene rings is 3. The quantitative estimate of drug-likeness (QED) is 0.210. The molecule has 1 aliphatic heterocycles. The van der Waals surface area contributed by atoms with Gasteiger partial charge in [-0.05, 0) is 60.9 Å². The molecule has 3 aromatic carbocycles. The number of ether oxygens (including phenoxy) is 2. The second-order valence-electron chi connectivity index (χ2n) is 8.95. The van der Waals surface area contributed by atoms with E-state index in [1.54, 1.807) is 12.1 Å². The zero-order valence-corrected chi connectivity index (χ0v) is 22.2. The average Bonchev–Trinajstić information content (AvgIpc) is 3.40. The maximum atomic E-state index is 13.4. The first-order chi connectivity index (χ1) is 18.7. The number of nitrogens with one attached hydrogen (secondary N) is 3. The Hall–Kier alpha value is -4.13. The minimum absolute atomic E-state index is 0.0162. The lowest BCUT2D eigenvalue weighted by atomic mass is 10.1. The van der Waals surface area contributed by atoms with E-state index in [9.17, 15) is 18.0 Å². The van der Waals surface area contributed by atoms with Gasteiger partial charge in [-0.25, -0.2) is 18.7 Å². The van der Waals surface area contributed by atoms with Gasteiger partial charge in [-0.1, -0.05) is 35.9 Å². The predicted molar refractivity (Wildman–Crippen MR) is 143 cm³/mol. The van der Waals surface area contributed by atoms with Crippen molar-refractivity contribution < 1.29 is 32.7 Å². The van der Waals surface area contributed by atoms with E-state index < -0.39 is 22.0 Å². The summed E-state index contributed by atoms with van der Waals surface area (Å²) in [6.07, 6.45) is 0.248. The van der Waals surface area contributed by atoms with Gasteiger partial charge in [-0.2, -0.15) is 4.31 Å². The Bertz CT molecular complexity index is 1430. The molecule has 0 spiro atoms. The smallest absolute Gasteiger partial charge is 0.319 e. The molecule has 1 aliphatic rings. The molecule has 1 heterocycles. The van der Waals surface area contributed by atoms with Crippen LogP contribution in [0.3, 0.4) is 0 Å². The number of urea groups is 1. The van der Waals surface area contributed by atoms with Crippen LogP contribution in [0, 0.1) is 6.92 Å². The fourth-order valence-electron chi connectivity index (χ4n) is 4.02. The predicted octanol–water partition coefficient (Wildman–Crippen LogP) is 3.17. The highest BCUT2D eigenvalue weighted by molar-refractivity contribution is 7.89. The first-order valence-electron chi connectivity index (χ1n) is 12.3. The van der Waals surface area contributed by atoms with Crippen LogP contribution < -0.4 is 25.6 Å². The highest BCUT2D eigenvalue weighted by Crippen LogP contribution is 2.32. The molecule has 12 heteroatoms. The summed E-state index contributed by atoms with van der Waals surface area (Å²) in [5.74, 6) is 0.595. The molecule has 0 saturated carbocycles. The summed E-state index contributed by atoms with van der Waals surface area (Å²) in [5, 5.41) is 14.2. The lowest BCUT2D eigenvalue weighted by Crippen LogP contribution is -2.36. The number of sulfonamides is 1. The van der Waals surface area contributed by atoms with Crippen molar-refractivity contribution in [2.45, 2.75) is 31.2 Å². The number of carbonyl (C=O) groups is 2. The number of amides is 3. The fraction of sp³-hybridized carbons (Fsp3) is 0.259. The van der Waals surface area contributed by atoms with Crippen LogP contribution in [-0.2, 0) is 27.8 Å². The van der Waals surface area contributed by atoms with Gasteiger partial charge in [0.15, 0.2) is 11.5 Å². The van der Waals surface area contributed by atoms with Gasteiger partial charge in [0.05, 0.1) is 4.90 Å². The van der Waals surface area contributed by atoms with Crippen LogP contribution in [0.2, 0.25) is 0 Å². The van der Waals surface area contributed by atoms with E-state index in [0.29, 0.717) is 23.6 Å². The van der Waals surface area contributed by atoms with E-state index in [4.69, 9.17) is 14.7 Å². The number of hydrogen-bond donors (Lipinski definition) is 4. The molecular weight excluding hydrogens is 524 g/mol. The number of rotatable bonds is 11. The Kier molecular flexibility index (Phi) is 9.02. The van der Waals surface area contributed by atoms with Crippen molar-refractivity contribution in [2.75, 3.05) is 25.2 Å². The largest absolute Gasteiger partial charge is 0.454 e. The van der Waals surface area contributed by atoms with Gasteiger partial charge in [0.1, 0.15) is 0 Å². The number of hydrogen-bond acceptors (Lipinski definition) is 7. The van der Waals surface area contributed by atoms with Gasteiger partial charge < -0.3 is 20.1 Å². The fourth-order valence-corrected chi connectivity index (χ4v) is 5.47. The minimum Gasteiger partial charge on any atom is -0.454 e. The number of carbonyl (C=O) groups excluding carboxylic acids is 2. The van der Waals surface area contributed by atoms with E-state index in [1.165, 1.54) is 34.1 Å². The lowest BCUT2D eigenvalue weighted by Gasteiger charge is -2.22. The monoisotopic (exact) mass is 554 g/mol. The van der Waals surface area contributed by atoms with Crippen molar-refractivity contribution in [3.63, 3.8) is 0 Å². The van der Waals surface area contributed by atoms with E-state index in [2.05, 4.69) is 10.6 Å². The Morgan fingerprint density at radius 2 is 1.72 bits per heavy atom. The molecule has 0 radical (unpaired) electrons. The van der Waals surface area contributed by atoms with E-state index in [0.717, 1.165) is 16.7 Å². The number of aryl methyl sites for hydroxylation is 1. The molecule has 0 saturated heterocycles. The third-order valence-electron chi connectivity index (χ3n) is 6.09. The van der Waals surface area contributed by atoms with Crippen LogP contribution >= 0.6 is 0 Å². The molecule has 0 bridgehead atoms. The summed E-state index contributed by atoms with van der Waals surface area (Å²) in [4.78, 5) is 24.0. The highest BCUT2D eigenvalue weighted by Gasteiger charge is 2.25. The van der Waals surface area contributed by atoms with Gasteiger partial charge in [-0.3, -0.25) is 10.0 Å². The summed E-state index contributed by atoms with van der Waals surface area (Å²) >= 11 is 0. The third kappa shape index (κ3) is 7.47. The van der Waals surface area contributed by atoms with Gasteiger partial charge >= 0.3 is 6.03 Å². The zero-order chi connectivity index (χ0) is 27.8. The van der Waals surface area contributed by atoms with Crippen molar-refractivity contribution in [2.24, 2.45) is 0 Å². The van der Waals surface area contributed by atoms with Crippen LogP contribution in [0.1, 0.15) is 23.1 Å². The Morgan fingerprint density at radius 3 is 2.46 bits per heavy atom. The van der Waals surface area contributed by atoms with Gasteiger partial charge in [0.25, 0.3) is 0 Å². The minimum atomic E-state index is -3.96. The molecule has 0 aromatic heterocycles. The molecule has 11 nitrogen and oxygen atoms in total. The first-order valence-corrected chi connectivity index (χ1v) is 13.7. The standard InChI is InChI=1S/C27H30N4O7S/c1-19-3-2-4-20(15-19)11-13-31(14-12-26(32)30-34)39(35,36)23-8-6-22(7-9-23)29-27(33)28-17-21-5-10-24-25(16-21)38-18-37-24/h2-10,15-16,34H,11-14,17-18H2,1H3,(H,30,32)(H2,28,29,33). The maximum absolute atomic E-state index is 13.4. The molecule has 4 rings (SSSR count). The van der Waals surface area contributed by atoms with Crippen molar-refractivity contribution in [3.8, 4) is 11.5 Å². The van der Waals surface area contributed by atoms with Crippen LogP contribution in [0.15, 0.2) is 71.6 Å². The highest BCUT2D eigenvalue weighted by atomic mass is 32.2. The van der Waals surface area contributed by atoms with Crippen molar-refractivity contribution in [1.29, 1.82) is 0 Å². The number of hydroxylamine groups is 1. The van der Waals surface area contributed by atoms with E-state index >= 15 is 0 Å². The maximum Gasteiger partial charge on any atom is 0.319 e. The molecule has 0 unspecified atom stereocenters. The van der Waals surface area contributed by atoms with Crippen LogP contribution in [0.5, 0.6) is 11.5 Å². The average molecular weight is 555 g/mol. The summed E-state index contributed by atoms with van der Waals surface area (Å²) in [6, 6.07) is 18.5. The number of anilines is 1. The van der Waals surface area contributed by atoms with Crippen LogP contribution in [0.4, 0.5) is 10.5 Å². The second kappa shape index (κ2) is 12.6. The molecular formula is C27H30N4O7S. The van der Waals surface area contributed by atoms with Crippen LogP contribution in [0.25, 0.3) is 0 Å². The Balaban J connectivity index is 1.38. The lowest BCUT2D eigenvalue weighted by molar-refractivity contribution is -0.129. The number of nitrogens with zero attached hydrogens (tertiary/aromatic N) is 1. The van der Waals surface area contributed by atoms with Gasteiger partial charge in [-0.15, -0.1) is 0 Å². The number of fused-ring (bicyclic) bond motifs is 1. The molecule has 206 valence electrons. The van der Waals surface area contributed by atoms with Crippen LogP contribution in [-0.4, -0.2) is 49.8 Å². The van der Waals surface area contributed by atoms with Crippen molar-refractivity contribution in [1.82, 2.24) is 15.1 Å². The molecule has 0 atom stereocenters. The van der Waals surface area contributed by atoms with E-state index in [-0.39, 0.29) is 37.7 Å². The Labute approximate surface area is 226 Å². The normalized spacial score (nSPS) is 12.3. The molecule has 0 fully saturated rings. The Morgan fingerprint density at radius 1 is 0.949 bits per heavy atom. The third-order valence-corrected chi connectivity index (χ3v) is 8.00. The summed E-state index contributed by atoms with van der Waals surface area (Å²) in [7, 11) is -3.96. The molecule has 3 aromatic rings. The molecule has 0 aliphatic carbocycles. The molecule has 39 heavy (non-hydrogen) atoms.